The Morgan fingerprint density at radius 1 is 1.18 bits per heavy atom. The monoisotopic (exact) mass is 491 g/mol. The third-order valence-corrected chi connectivity index (χ3v) is 9.01. The van der Waals surface area contributed by atoms with Crippen LogP contribution in [0.2, 0.25) is 0 Å². The smallest absolute Gasteiger partial charge is 0.237 e. The number of carbonyl (C=O) groups excluding carboxylic acids is 2. The molecule has 2 aromatic carbocycles. The molecule has 176 valence electrons. The second-order valence-corrected chi connectivity index (χ2v) is 11.8. The number of hydrogen-bond acceptors (Lipinski definition) is 6. The first-order chi connectivity index (χ1) is 15.7. The Balaban J connectivity index is 1.39. The molecule has 7 nitrogen and oxygen atoms in total. The minimum atomic E-state index is -3.74. The van der Waals surface area contributed by atoms with Gasteiger partial charge in [0.2, 0.25) is 11.8 Å². The normalized spacial score (nSPS) is 19.6. The Labute approximate surface area is 197 Å². The van der Waals surface area contributed by atoms with Crippen LogP contribution in [0.25, 0.3) is 0 Å². The number of halogens is 1. The zero-order valence-electron chi connectivity index (χ0n) is 18.5. The molecular weight excluding hydrogens is 465 g/mol. The minimum absolute atomic E-state index is 0.0840. The number of carbonyl (C=O) groups is 2. The maximum Gasteiger partial charge on any atom is 0.237 e. The van der Waals surface area contributed by atoms with Crippen LogP contribution < -0.4 is 10.2 Å². The van der Waals surface area contributed by atoms with Gasteiger partial charge in [0.1, 0.15) is 5.82 Å². The van der Waals surface area contributed by atoms with Crippen LogP contribution in [-0.2, 0) is 19.4 Å². The van der Waals surface area contributed by atoms with Crippen molar-refractivity contribution >= 4 is 44.8 Å². The van der Waals surface area contributed by atoms with E-state index in [1.54, 1.807) is 43.0 Å². The molecule has 0 unspecified atom stereocenters. The number of para-hydroxylation sites is 1. The molecule has 2 atom stereocenters. The van der Waals surface area contributed by atoms with Crippen molar-refractivity contribution in [2.75, 3.05) is 42.1 Å². The van der Waals surface area contributed by atoms with Gasteiger partial charge in [0.25, 0.3) is 0 Å². The van der Waals surface area contributed by atoms with Crippen molar-refractivity contribution in [3.8, 4) is 0 Å². The van der Waals surface area contributed by atoms with Crippen molar-refractivity contribution in [3.63, 3.8) is 0 Å². The summed E-state index contributed by atoms with van der Waals surface area (Å²) in [6, 6.07) is 11.2. The topological polar surface area (TPSA) is 86.8 Å². The van der Waals surface area contributed by atoms with Gasteiger partial charge < -0.3 is 15.1 Å². The molecule has 0 bridgehead atoms. The molecule has 2 aromatic rings. The predicted molar refractivity (Wildman–Crippen MR) is 127 cm³/mol. The molecule has 2 aliphatic rings. The number of anilines is 2. The SMILES string of the molecule is C[C@@H](CS(=O)(=O)c1ccc2c(c1)NC(=O)[C@@H](C)S2)C(=O)N1CCN(c2ccccc2F)CC1. The maximum absolute atomic E-state index is 14.0. The number of hydrogen-bond donors (Lipinski definition) is 1. The van der Waals surface area contributed by atoms with Crippen molar-refractivity contribution in [3.05, 3.63) is 48.3 Å². The lowest BCUT2D eigenvalue weighted by atomic mass is 10.1. The van der Waals surface area contributed by atoms with Gasteiger partial charge in [0, 0.05) is 37.0 Å². The first-order valence-corrected chi connectivity index (χ1v) is 13.3. The molecule has 0 radical (unpaired) electrons. The summed E-state index contributed by atoms with van der Waals surface area (Å²) in [6.45, 7) is 5.16. The molecule has 2 amide bonds. The molecule has 0 aromatic heterocycles. The van der Waals surface area contributed by atoms with Crippen LogP contribution in [0.4, 0.5) is 15.8 Å². The molecule has 4 rings (SSSR count). The van der Waals surface area contributed by atoms with Crippen LogP contribution >= 0.6 is 11.8 Å². The van der Waals surface area contributed by atoms with Gasteiger partial charge in [-0.05, 0) is 37.3 Å². The van der Waals surface area contributed by atoms with Gasteiger partial charge in [0.05, 0.1) is 27.3 Å². The van der Waals surface area contributed by atoms with E-state index < -0.39 is 15.8 Å². The molecule has 2 aliphatic heterocycles. The average Bonchev–Trinajstić information content (AvgIpc) is 2.79. The molecule has 1 saturated heterocycles. The highest BCUT2D eigenvalue weighted by Gasteiger charge is 2.31. The number of sulfone groups is 1. The van der Waals surface area contributed by atoms with Crippen LogP contribution in [0.1, 0.15) is 13.8 Å². The number of thioether (sulfide) groups is 1. The van der Waals surface area contributed by atoms with E-state index in [4.69, 9.17) is 0 Å². The second-order valence-electron chi connectivity index (χ2n) is 8.35. The summed E-state index contributed by atoms with van der Waals surface area (Å²) in [4.78, 5) is 29.3. The van der Waals surface area contributed by atoms with E-state index in [0.717, 1.165) is 4.90 Å². The highest BCUT2D eigenvalue weighted by Crippen LogP contribution is 2.37. The summed E-state index contributed by atoms with van der Waals surface area (Å²) in [5.74, 6) is -1.75. The molecule has 2 heterocycles. The van der Waals surface area contributed by atoms with Crippen molar-refractivity contribution in [1.82, 2.24) is 4.90 Å². The first-order valence-electron chi connectivity index (χ1n) is 10.8. The lowest BCUT2D eigenvalue weighted by molar-refractivity contribution is -0.134. The van der Waals surface area contributed by atoms with Crippen molar-refractivity contribution < 1.29 is 22.4 Å². The number of nitrogens with one attached hydrogen (secondary N) is 1. The highest BCUT2D eigenvalue weighted by molar-refractivity contribution is 8.01. The van der Waals surface area contributed by atoms with Crippen LogP contribution in [0.15, 0.2) is 52.3 Å². The number of piperazine rings is 1. The lowest BCUT2D eigenvalue weighted by Gasteiger charge is -2.37. The summed E-state index contributed by atoms with van der Waals surface area (Å²) >= 11 is 1.38. The highest BCUT2D eigenvalue weighted by atomic mass is 32.2. The fourth-order valence-electron chi connectivity index (χ4n) is 4.07. The molecule has 1 fully saturated rings. The quantitative estimate of drug-likeness (QED) is 0.692. The minimum Gasteiger partial charge on any atom is -0.366 e. The number of nitrogens with zero attached hydrogens (tertiary/aromatic N) is 2. The Morgan fingerprint density at radius 3 is 2.58 bits per heavy atom. The molecular formula is C23H26FN3O4S2. The lowest BCUT2D eigenvalue weighted by Crippen LogP contribution is -2.51. The van der Waals surface area contributed by atoms with E-state index in [1.807, 2.05) is 4.90 Å². The van der Waals surface area contributed by atoms with Crippen LogP contribution in [0.5, 0.6) is 0 Å². The van der Waals surface area contributed by atoms with Crippen molar-refractivity contribution in [2.24, 2.45) is 5.92 Å². The molecule has 0 aliphatic carbocycles. The van der Waals surface area contributed by atoms with Crippen LogP contribution in [0, 0.1) is 11.7 Å². The third kappa shape index (κ3) is 5.01. The molecule has 0 spiro atoms. The number of amides is 2. The van der Waals surface area contributed by atoms with Gasteiger partial charge >= 0.3 is 0 Å². The molecule has 10 heteroatoms. The first kappa shape index (κ1) is 23.6. The Hall–Kier alpha value is -2.59. The fraction of sp³-hybridized carbons (Fsp3) is 0.391. The zero-order chi connectivity index (χ0) is 23.8. The van der Waals surface area contributed by atoms with Crippen LogP contribution in [-0.4, -0.2) is 62.3 Å². The average molecular weight is 492 g/mol. The Morgan fingerprint density at radius 2 is 1.88 bits per heavy atom. The molecule has 33 heavy (non-hydrogen) atoms. The summed E-state index contributed by atoms with van der Waals surface area (Å²) in [5.41, 5.74) is 0.986. The van der Waals surface area contributed by atoms with E-state index >= 15 is 0 Å². The fourth-order valence-corrected chi connectivity index (χ4v) is 6.56. The molecule has 0 saturated carbocycles. The standard InChI is InChI=1S/C23H26FN3O4S2/c1-15(23(29)27-11-9-26(10-12-27)20-6-4-3-5-18(20)24)14-33(30,31)17-7-8-21-19(13-17)25-22(28)16(2)32-21/h3-8,13,15-16H,9-12,14H2,1-2H3,(H,25,28)/t15-,16+/m0/s1. The van der Waals surface area contributed by atoms with Gasteiger partial charge in [-0.15, -0.1) is 11.8 Å². The summed E-state index contributed by atoms with van der Waals surface area (Å²) < 4.78 is 40.0. The molecule has 1 N–H and O–H groups in total. The number of fused-ring (bicyclic) bond motifs is 1. The van der Waals surface area contributed by atoms with Crippen LogP contribution in [0.3, 0.4) is 0 Å². The van der Waals surface area contributed by atoms with Gasteiger partial charge in [-0.25, -0.2) is 12.8 Å². The second kappa shape index (κ2) is 9.34. The summed E-state index contributed by atoms with van der Waals surface area (Å²) in [5, 5.41) is 2.50. The zero-order valence-corrected chi connectivity index (χ0v) is 20.1. The van der Waals surface area contributed by atoms with E-state index in [1.165, 1.54) is 30.0 Å². The maximum atomic E-state index is 14.0. The van der Waals surface area contributed by atoms with E-state index in [2.05, 4.69) is 5.32 Å². The number of benzene rings is 2. The third-order valence-electron chi connectivity index (χ3n) is 5.92. The Bertz CT molecular complexity index is 1180. The predicted octanol–water partition coefficient (Wildman–Crippen LogP) is 3.02. The summed E-state index contributed by atoms with van der Waals surface area (Å²) in [6.07, 6.45) is 0. The van der Waals surface area contributed by atoms with E-state index in [-0.39, 0.29) is 33.5 Å². The van der Waals surface area contributed by atoms with Gasteiger partial charge in [0.15, 0.2) is 9.84 Å². The number of rotatable bonds is 5. The van der Waals surface area contributed by atoms with Gasteiger partial charge in [-0.2, -0.15) is 0 Å². The van der Waals surface area contributed by atoms with Crippen molar-refractivity contribution in [1.29, 1.82) is 0 Å². The van der Waals surface area contributed by atoms with E-state index in [9.17, 15) is 22.4 Å². The van der Waals surface area contributed by atoms with Gasteiger partial charge in [-0.1, -0.05) is 19.1 Å². The Kier molecular flexibility index (Phi) is 6.67. The van der Waals surface area contributed by atoms with Gasteiger partial charge in [-0.3, -0.25) is 9.59 Å². The van der Waals surface area contributed by atoms with Crippen molar-refractivity contribution in [2.45, 2.75) is 28.9 Å². The van der Waals surface area contributed by atoms with E-state index in [0.29, 0.717) is 37.6 Å². The summed E-state index contributed by atoms with van der Waals surface area (Å²) in [7, 11) is -3.74. The largest absolute Gasteiger partial charge is 0.366 e.